The minimum atomic E-state index is -4.01. The highest BCUT2D eigenvalue weighted by Crippen LogP contribution is 2.37. The van der Waals surface area contributed by atoms with Gasteiger partial charge in [-0.1, -0.05) is 53.5 Å². The Morgan fingerprint density at radius 3 is 2.30 bits per heavy atom. The standard InChI is InChI=1S/C26H27Cl2N3O5S/c1-18(19-7-6-10-21(17-19)36-20-8-4-3-5-9-20)35-23-12-11-22(24(27)25(23)28)26(32)29-37(33,34)31-15-13-30(2)14-16-31/h3-12,17-18H,13-16H2,1-2H3,(H,29,32). The molecule has 1 fully saturated rings. The third kappa shape index (κ3) is 6.74. The Balaban J connectivity index is 1.45. The summed E-state index contributed by atoms with van der Waals surface area (Å²) >= 11 is 12.8. The highest BCUT2D eigenvalue weighted by Gasteiger charge is 2.29. The number of amides is 1. The first kappa shape index (κ1) is 27.2. The Morgan fingerprint density at radius 2 is 1.59 bits per heavy atom. The van der Waals surface area contributed by atoms with Gasteiger partial charge in [0.15, 0.2) is 0 Å². The Bertz CT molecular complexity index is 1360. The maximum atomic E-state index is 12.8. The van der Waals surface area contributed by atoms with Gasteiger partial charge in [0.1, 0.15) is 28.4 Å². The lowest BCUT2D eigenvalue weighted by Gasteiger charge is -2.31. The molecular formula is C26H27Cl2N3O5S. The van der Waals surface area contributed by atoms with Crippen molar-refractivity contribution in [2.24, 2.45) is 0 Å². The van der Waals surface area contributed by atoms with Crippen molar-refractivity contribution in [1.29, 1.82) is 0 Å². The van der Waals surface area contributed by atoms with Gasteiger partial charge in [0.05, 0.1) is 10.6 Å². The van der Waals surface area contributed by atoms with Crippen molar-refractivity contribution in [3.8, 4) is 17.2 Å². The molecule has 0 saturated carbocycles. The van der Waals surface area contributed by atoms with Crippen LogP contribution in [-0.4, -0.2) is 56.8 Å². The molecule has 1 saturated heterocycles. The molecule has 0 aromatic heterocycles. The molecule has 0 radical (unpaired) electrons. The van der Waals surface area contributed by atoms with Gasteiger partial charge in [0.2, 0.25) is 0 Å². The molecule has 1 N–H and O–H groups in total. The van der Waals surface area contributed by atoms with Gasteiger partial charge >= 0.3 is 10.2 Å². The molecule has 3 aromatic carbocycles. The van der Waals surface area contributed by atoms with Gasteiger partial charge in [-0.05, 0) is 55.9 Å². The number of rotatable bonds is 8. The normalized spacial score (nSPS) is 15.7. The van der Waals surface area contributed by atoms with E-state index in [1.807, 2.05) is 73.5 Å². The van der Waals surface area contributed by atoms with E-state index in [0.29, 0.717) is 24.6 Å². The largest absolute Gasteiger partial charge is 0.484 e. The maximum absolute atomic E-state index is 12.8. The van der Waals surface area contributed by atoms with E-state index in [-0.39, 0.29) is 34.4 Å². The highest BCUT2D eigenvalue weighted by molar-refractivity contribution is 7.87. The zero-order chi connectivity index (χ0) is 26.6. The van der Waals surface area contributed by atoms with E-state index in [9.17, 15) is 13.2 Å². The fourth-order valence-electron chi connectivity index (χ4n) is 3.78. The van der Waals surface area contributed by atoms with Gasteiger partial charge in [0, 0.05) is 26.2 Å². The van der Waals surface area contributed by atoms with Crippen LogP contribution >= 0.6 is 23.2 Å². The first-order valence-electron chi connectivity index (χ1n) is 11.6. The van der Waals surface area contributed by atoms with Crippen LogP contribution in [0.15, 0.2) is 66.7 Å². The fourth-order valence-corrected chi connectivity index (χ4v) is 5.35. The number of para-hydroxylation sites is 1. The highest BCUT2D eigenvalue weighted by atomic mass is 35.5. The summed E-state index contributed by atoms with van der Waals surface area (Å²) in [6.07, 6.45) is -0.426. The van der Waals surface area contributed by atoms with Crippen LogP contribution < -0.4 is 14.2 Å². The van der Waals surface area contributed by atoms with Crippen LogP contribution in [0.5, 0.6) is 17.2 Å². The molecule has 1 amide bonds. The summed E-state index contributed by atoms with van der Waals surface area (Å²) in [6, 6.07) is 19.8. The van der Waals surface area contributed by atoms with Crippen molar-refractivity contribution in [3.63, 3.8) is 0 Å². The predicted molar refractivity (Wildman–Crippen MR) is 144 cm³/mol. The quantitative estimate of drug-likeness (QED) is 0.408. The number of nitrogens with one attached hydrogen (secondary N) is 1. The second-order valence-electron chi connectivity index (χ2n) is 8.63. The SMILES string of the molecule is CC(Oc1ccc(C(=O)NS(=O)(=O)N2CCN(C)CC2)c(Cl)c1Cl)c1cccc(Oc2ccccc2)c1. The average Bonchev–Trinajstić information content (AvgIpc) is 2.87. The molecule has 196 valence electrons. The molecule has 0 aliphatic carbocycles. The van der Waals surface area contributed by atoms with E-state index >= 15 is 0 Å². The summed E-state index contributed by atoms with van der Waals surface area (Å²) in [4.78, 5) is 14.8. The van der Waals surface area contributed by atoms with Crippen molar-refractivity contribution in [1.82, 2.24) is 13.9 Å². The number of nitrogens with zero attached hydrogens (tertiary/aromatic N) is 2. The lowest BCUT2D eigenvalue weighted by atomic mass is 10.1. The Morgan fingerprint density at radius 1 is 0.919 bits per heavy atom. The lowest BCUT2D eigenvalue weighted by molar-refractivity contribution is 0.0977. The van der Waals surface area contributed by atoms with E-state index in [4.69, 9.17) is 32.7 Å². The van der Waals surface area contributed by atoms with Crippen LogP contribution in [0, 0.1) is 0 Å². The topological polar surface area (TPSA) is 88.2 Å². The van der Waals surface area contributed by atoms with E-state index in [1.165, 1.54) is 16.4 Å². The van der Waals surface area contributed by atoms with Gasteiger partial charge in [-0.25, -0.2) is 4.72 Å². The minimum absolute atomic E-state index is 0.00912. The Hall–Kier alpha value is -2.82. The molecule has 1 aliphatic heterocycles. The van der Waals surface area contributed by atoms with Crippen LogP contribution in [0.4, 0.5) is 0 Å². The smallest absolute Gasteiger partial charge is 0.304 e. The van der Waals surface area contributed by atoms with Crippen LogP contribution in [-0.2, 0) is 10.2 Å². The number of hydrogen-bond acceptors (Lipinski definition) is 6. The molecule has 0 spiro atoms. The van der Waals surface area contributed by atoms with Crippen LogP contribution in [0.2, 0.25) is 10.0 Å². The van der Waals surface area contributed by atoms with E-state index in [2.05, 4.69) is 4.72 Å². The number of carbonyl (C=O) groups excluding carboxylic acids is 1. The molecule has 3 aromatic rings. The fraction of sp³-hybridized carbons (Fsp3) is 0.269. The van der Waals surface area contributed by atoms with Crippen molar-refractivity contribution >= 4 is 39.3 Å². The molecule has 4 rings (SSSR count). The van der Waals surface area contributed by atoms with Crippen LogP contribution in [0.1, 0.15) is 28.9 Å². The number of carbonyl (C=O) groups is 1. The molecule has 0 bridgehead atoms. The van der Waals surface area contributed by atoms with Crippen LogP contribution in [0.25, 0.3) is 0 Å². The summed E-state index contributed by atoms with van der Waals surface area (Å²) < 4.78 is 40.5. The number of ether oxygens (including phenoxy) is 2. The molecule has 1 aliphatic rings. The van der Waals surface area contributed by atoms with Gasteiger partial charge in [-0.3, -0.25) is 4.79 Å². The zero-order valence-corrected chi connectivity index (χ0v) is 22.7. The minimum Gasteiger partial charge on any atom is -0.484 e. The van der Waals surface area contributed by atoms with Crippen molar-refractivity contribution in [2.45, 2.75) is 13.0 Å². The van der Waals surface area contributed by atoms with E-state index in [1.54, 1.807) is 0 Å². The zero-order valence-electron chi connectivity index (χ0n) is 20.4. The summed E-state index contributed by atoms with van der Waals surface area (Å²) in [5.74, 6) is 0.756. The van der Waals surface area contributed by atoms with Crippen molar-refractivity contribution < 1.29 is 22.7 Å². The molecule has 1 atom stereocenters. The second-order valence-corrected chi connectivity index (χ2v) is 11.1. The van der Waals surface area contributed by atoms with Crippen molar-refractivity contribution in [2.75, 3.05) is 33.2 Å². The van der Waals surface area contributed by atoms with Crippen LogP contribution in [0.3, 0.4) is 0 Å². The van der Waals surface area contributed by atoms with E-state index in [0.717, 1.165) is 5.56 Å². The molecular weight excluding hydrogens is 537 g/mol. The summed E-state index contributed by atoms with van der Waals surface area (Å²) in [7, 11) is -2.11. The van der Waals surface area contributed by atoms with Gasteiger partial charge in [-0.2, -0.15) is 12.7 Å². The van der Waals surface area contributed by atoms with Gasteiger partial charge in [-0.15, -0.1) is 0 Å². The maximum Gasteiger partial charge on any atom is 0.304 e. The molecule has 1 unspecified atom stereocenters. The second kappa shape index (κ2) is 11.7. The first-order chi connectivity index (χ1) is 17.6. The number of piperazine rings is 1. The number of benzene rings is 3. The molecule has 1 heterocycles. The molecule has 8 nitrogen and oxygen atoms in total. The Kier molecular flexibility index (Phi) is 8.61. The Labute approximate surface area is 226 Å². The summed E-state index contributed by atoms with van der Waals surface area (Å²) in [5, 5.41) is -0.0894. The number of halogens is 2. The number of hydrogen-bond donors (Lipinski definition) is 1. The molecule has 37 heavy (non-hydrogen) atoms. The van der Waals surface area contributed by atoms with E-state index < -0.39 is 22.2 Å². The molecule has 11 heteroatoms. The number of likely N-dealkylation sites (N-methyl/N-ethyl adjacent to an activating group) is 1. The average molecular weight is 564 g/mol. The van der Waals surface area contributed by atoms with Gasteiger partial charge in [0.25, 0.3) is 5.91 Å². The monoisotopic (exact) mass is 563 g/mol. The first-order valence-corrected chi connectivity index (χ1v) is 13.8. The predicted octanol–water partition coefficient (Wildman–Crippen LogP) is 5.15. The summed E-state index contributed by atoms with van der Waals surface area (Å²) in [5.41, 5.74) is 0.767. The third-order valence-corrected chi connectivity index (χ3v) is 8.28. The summed E-state index contributed by atoms with van der Waals surface area (Å²) in [6.45, 7) is 3.57. The third-order valence-electron chi connectivity index (χ3n) is 5.93. The lowest BCUT2D eigenvalue weighted by Crippen LogP contribution is -2.52. The van der Waals surface area contributed by atoms with Gasteiger partial charge < -0.3 is 14.4 Å². The van der Waals surface area contributed by atoms with Crippen molar-refractivity contribution in [3.05, 3.63) is 87.9 Å².